The lowest BCUT2D eigenvalue weighted by atomic mass is 9.95. The number of amides is 1. The minimum Gasteiger partial charge on any atom is -0.396 e. The Balaban J connectivity index is 1.89. The Morgan fingerprint density at radius 3 is 2.81 bits per heavy atom. The lowest BCUT2D eigenvalue weighted by Gasteiger charge is -2.14. The summed E-state index contributed by atoms with van der Waals surface area (Å²) >= 11 is 0. The third kappa shape index (κ3) is 3.12. The number of hydrogen-bond acceptors (Lipinski definition) is 4. The molecule has 3 N–H and O–H groups in total. The zero-order chi connectivity index (χ0) is 19.0. The third-order valence-electron chi connectivity index (χ3n) is 4.89. The molecule has 1 aliphatic rings. The van der Waals surface area contributed by atoms with E-state index in [0.717, 1.165) is 30.5 Å². The van der Waals surface area contributed by atoms with Crippen molar-refractivity contribution in [2.45, 2.75) is 32.1 Å². The summed E-state index contributed by atoms with van der Waals surface area (Å²) in [4.78, 5) is 21.0. The fourth-order valence-corrected chi connectivity index (χ4v) is 3.38. The van der Waals surface area contributed by atoms with E-state index in [0.29, 0.717) is 28.8 Å². The van der Waals surface area contributed by atoms with Gasteiger partial charge in [0.05, 0.1) is 11.4 Å². The fourth-order valence-electron chi connectivity index (χ4n) is 3.38. The zero-order valence-electron chi connectivity index (χ0n) is 15.1. The molecule has 1 amide bonds. The topological polar surface area (TPSA) is 80.9 Å². The van der Waals surface area contributed by atoms with Crippen LogP contribution in [0.4, 0.5) is 10.1 Å². The number of anilines is 1. The molecule has 3 aromatic rings. The predicted octanol–water partition coefficient (Wildman–Crippen LogP) is 4.04. The first kappa shape index (κ1) is 17.4. The molecule has 1 saturated carbocycles. The Kier molecular flexibility index (Phi) is 4.48. The van der Waals surface area contributed by atoms with Crippen LogP contribution in [0.5, 0.6) is 0 Å². The molecule has 4 rings (SSSR count). The Hall–Kier alpha value is -3.02. The molecular weight excluding hydrogens is 343 g/mol. The molecule has 138 valence electrons. The van der Waals surface area contributed by atoms with Gasteiger partial charge in [0.15, 0.2) is 5.69 Å². The molecule has 1 aliphatic carbocycles. The summed E-state index contributed by atoms with van der Waals surface area (Å²) in [7, 11) is 0. The Morgan fingerprint density at radius 2 is 2.07 bits per heavy atom. The molecule has 0 unspecified atom stereocenters. The second-order valence-corrected chi connectivity index (χ2v) is 6.87. The van der Waals surface area contributed by atoms with Gasteiger partial charge in [-0.05, 0) is 37.5 Å². The van der Waals surface area contributed by atoms with Crippen LogP contribution in [0.15, 0.2) is 36.7 Å². The minimum absolute atomic E-state index is 0.169. The monoisotopic (exact) mass is 364 g/mol. The second kappa shape index (κ2) is 6.95. The van der Waals surface area contributed by atoms with Crippen molar-refractivity contribution >= 4 is 22.4 Å². The smallest absolute Gasteiger partial charge is 0.272 e. The average Bonchev–Trinajstić information content (AvgIpc) is 3.51. The van der Waals surface area contributed by atoms with Crippen LogP contribution in [0.2, 0.25) is 0 Å². The number of pyridine rings is 2. The number of halogens is 1. The third-order valence-corrected chi connectivity index (χ3v) is 4.89. The average molecular weight is 364 g/mol. The Morgan fingerprint density at radius 1 is 1.26 bits per heavy atom. The Labute approximate surface area is 156 Å². The first-order valence-electron chi connectivity index (χ1n) is 9.22. The maximum absolute atomic E-state index is 14.9. The van der Waals surface area contributed by atoms with Gasteiger partial charge in [-0.15, -0.1) is 0 Å². The molecular formula is C21H21FN4O. The number of nitrogens with one attached hydrogen (secondary N) is 1. The standard InChI is InChI=1S/C21H21FN4O/c1-2-9-25-21(27)20-18(23)13-7-8-16(22)17(15(13)11-26-20)14-4-3-10-24-19(14)12-5-6-12/h3-4,7-8,10-12H,2,5-6,9,23H2,1H3,(H,25,27). The maximum atomic E-state index is 14.9. The van der Waals surface area contributed by atoms with Crippen LogP contribution in [0.3, 0.4) is 0 Å². The van der Waals surface area contributed by atoms with Crippen LogP contribution in [-0.2, 0) is 0 Å². The molecule has 0 spiro atoms. The van der Waals surface area contributed by atoms with E-state index in [9.17, 15) is 9.18 Å². The SMILES string of the molecule is CCCNC(=O)c1ncc2c(-c3cccnc3C3CC3)c(F)ccc2c1N. The first-order chi connectivity index (χ1) is 13.1. The van der Waals surface area contributed by atoms with Crippen LogP contribution in [0, 0.1) is 5.82 Å². The number of hydrogen-bond donors (Lipinski definition) is 2. The summed E-state index contributed by atoms with van der Waals surface area (Å²) in [6.07, 6.45) is 6.23. The van der Waals surface area contributed by atoms with Crippen molar-refractivity contribution in [3.05, 3.63) is 53.9 Å². The van der Waals surface area contributed by atoms with E-state index in [2.05, 4.69) is 15.3 Å². The van der Waals surface area contributed by atoms with Gasteiger partial charge in [-0.3, -0.25) is 9.78 Å². The van der Waals surface area contributed by atoms with E-state index < -0.39 is 0 Å². The molecule has 0 saturated heterocycles. The number of fused-ring (bicyclic) bond motifs is 1. The lowest BCUT2D eigenvalue weighted by Crippen LogP contribution is -2.26. The molecule has 2 heterocycles. The number of nitrogen functional groups attached to an aromatic ring is 1. The van der Waals surface area contributed by atoms with Crippen molar-refractivity contribution in [3.8, 4) is 11.1 Å². The van der Waals surface area contributed by atoms with Crippen molar-refractivity contribution in [3.63, 3.8) is 0 Å². The summed E-state index contributed by atoms with van der Waals surface area (Å²) in [5.41, 5.74) is 8.80. The van der Waals surface area contributed by atoms with Gasteiger partial charge in [-0.2, -0.15) is 0 Å². The van der Waals surface area contributed by atoms with Gasteiger partial charge < -0.3 is 11.1 Å². The van der Waals surface area contributed by atoms with Crippen LogP contribution in [0.25, 0.3) is 21.9 Å². The number of carbonyl (C=O) groups is 1. The highest BCUT2D eigenvalue weighted by atomic mass is 19.1. The van der Waals surface area contributed by atoms with Crippen molar-refractivity contribution in [2.75, 3.05) is 12.3 Å². The summed E-state index contributed by atoms with van der Waals surface area (Å²) in [5, 5.41) is 3.99. The summed E-state index contributed by atoms with van der Waals surface area (Å²) in [5.74, 6) is -0.288. The quantitative estimate of drug-likeness (QED) is 0.716. The predicted molar refractivity (Wildman–Crippen MR) is 104 cm³/mol. The van der Waals surface area contributed by atoms with Gasteiger partial charge in [-0.25, -0.2) is 9.37 Å². The molecule has 6 heteroatoms. The number of nitrogens with zero attached hydrogens (tertiary/aromatic N) is 2. The fraction of sp³-hybridized carbons (Fsp3) is 0.286. The number of carbonyl (C=O) groups excluding carboxylic acids is 1. The molecule has 0 atom stereocenters. The second-order valence-electron chi connectivity index (χ2n) is 6.87. The van der Waals surface area contributed by atoms with E-state index in [-0.39, 0.29) is 23.1 Å². The van der Waals surface area contributed by atoms with Crippen LogP contribution in [-0.4, -0.2) is 22.4 Å². The van der Waals surface area contributed by atoms with E-state index in [4.69, 9.17) is 5.73 Å². The minimum atomic E-state index is -0.346. The largest absolute Gasteiger partial charge is 0.396 e. The van der Waals surface area contributed by atoms with Crippen molar-refractivity contribution in [2.24, 2.45) is 0 Å². The van der Waals surface area contributed by atoms with Gasteiger partial charge in [-0.1, -0.05) is 13.0 Å². The first-order valence-corrected chi connectivity index (χ1v) is 9.22. The normalized spacial score (nSPS) is 13.7. The summed E-state index contributed by atoms with van der Waals surface area (Å²) < 4.78 is 14.9. The van der Waals surface area contributed by atoms with Crippen molar-refractivity contribution in [1.82, 2.24) is 15.3 Å². The highest BCUT2D eigenvalue weighted by Crippen LogP contribution is 2.45. The van der Waals surface area contributed by atoms with E-state index in [1.54, 1.807) is 12.3 Å². The maximum Gasteiger partial charge on any atom is 0.272 e. The molecule has 0 bridgehead atoms. The zero-order valence-corrected chi connectivity index (χ0v) is 15.1. The highest BCUT2D eigenvalue weighted by molar-refractivity contribution is 6.09. The van der Waals surface area contributed by atoms with Gasteiger partial charge in [0.1, 0.15) is 5.82 Å². The Bertz CT molecular complexity index is 1030. The van der Waals surface area contributed by atoms with Gasteiger partial charge in [0.2, 0.25) is 0 Å². The van der Waals surface area contributed by atoms with E-state index in [1.807, 2.05) is 19.1 Å². The van der Waals surface area contributed by atoms with Crippen molar-refractivity contribution in [1.29, 1.82) is 0 Å². The molecule has 27 heavy (non-hydrogen) atoms. The summed E-state index contributed by atoms with van der Waals surface area (Å²) in [6, 6.07) is 6.69. The van der Waals surface area contributed by atoms with Gasteiger partial charge in [0, 0.05) is 46.8 Å². The van der Waals surface area contributed by atoms with E-state index in [1.165, 1.54) is 12.3 Å². The van der Waals surface area contributed by atoms with Crippen LogP contribution >= 0.6 is 0 Å². The number of rotatable bonds is 5. The number of nitrogens with two attached hydrogens (primary N) is 1. The molecule has 1 fully saturated rings. The molecule has 1 aromatic carbocycles. The molecule has 0 radical (unpaired) electrons. The van der Waals surface area contributed by atoms with Crippen LogP contribution < -0.4 is 11.1 Å². The highest BCUT2D eigenvalue weighted by Gasteiger charge is 2.29. The molecule has 0 aliphatic heterocycles. The lowest BCUT2D eigenvalue weighted by molar-refractivity contribution is 0.0950. The summed E-state index contributed by atoms with van der Waals surface area (Å²) in [6.45, 7) is 2.52. The van der Waals surface area contributed by atoms with Crippen molar-refractivity contribution < 1.29 is 9.18 Å². The van der Waals surface area contributed by atoms with Crippen LogP contribution in [0.1, 0.15) is 48.3 Å². The molecule has 2 aromatic heterocycles. The van der Waals surface area contributed by atoms with Gasteiger partial charge >= 0.3 is 0 Å². The molecule has 5 nitrogen and oxygen atoms in total. The van der Waals surface area contributed by atoms with E-state index >= 15 is 0 Å². The number of aromatic nitrogens is 2. The van der Waals surface area contributed by atoms with Gasteiger partial charge in [0.25, 0.3) is 5.91 Å². The number of benzene rings is 1.